The SMILES string of the molecule is CN1CCC(N(C)CCC(=O)NCc2ccccc2F)CC1. The number of amides is 1. The van der Waals surface area contributed by atoms with Crippen molar-refractivity contribution in [1.29, 1.82) is 0 Å². The fraction of sp³-hybridized carbons (Fsp3) is 0.588. The number of hydrogen-bond donors (Lipinski definition) is 1. The van der Waals surface area contributed by atoms with Crippen molar-refractivity contribution in [2.45, 2.75) is 31.8 Å². The number of rotatable bonds is 6. The fourth-order valence-corrected chi connectivity index (χ4v) is 2.82. The minimum atomic E-state index is -0.272. The molecule has 1 saturated heterocycles. The first-order valence-electron chi connectivity index (χ1n) is 7.95. The molecule has 0 saturated carbocycles. The van der Waals surface area contributed by atoms with Gasteiger partial charge in [0.2, 0.25) is 5.91 Å². The Hall–Kier alpha value is -1.46. The summed E-state index contributed by atoms with van der Waals surface area (Å²) in [5, 5.41) is 2.79. The van der Waals surface area contributed by atoms with Gasteiger partial charge in [-0.05, 0) is 46.1 Å². The standard InChI is InChI=1S/C17H26FN3O/c1-20-10-7-15(8-11-20)21(2)12-9-17(22)19-13-14-5-3-4-6-16(14)18/h3-6,15H,7-13H2,1-2H3,(H,19,22). The smallest absolute Gasteiger partial charge is 0.221 e. The maximum Gasteiger partial charge on any atom is 0.221 e. The van der Waals surface area contributed by atoms with Crippen LogP contribution in [0, 0.1) is 5.82 Å². The predicted octanol–water partition coefficient (Wildman–Crippen LogP) is 1.86. The number of benzene rings is 1. The van der Waals surface area contributed by atoms with Gasteiger partial charge < -0.3 is 15.1 Å². The molecule has 0 aliphatic carbocycles. The predicted molar refractivity (Wildman–Crippen MR) is 86.0 cm³/mol. The average Bonchev–Trinajstić information content (AvgIpc) is 2.52. The van der Waals surface area contributed by atoms with E-state index in [4.69, 9.17) is 0 Å². The molecule has 1 aromatic carbocycles. The molecule has 1 aliphatic heterocycles. The van der Waals surface area contributed by atoms with Crippen LogP contribution in [-0.4, -0.2) is 55.5 Å². The van der Waals surface area contributed by atoms with Crippen molar-refractivity contribution in [2.75, 3.05) is 33.7 Å². The molecular weight excluding hydrogens is 281 g/mol. The Labute approximate surface area is 132 Å². The number of nitrogens with zero attached hydrogens (tertiary/aromatic N) is 2. The molecule has 5 heteroatoms. The van der Waals surface area contributed by atoms with E-state index in [1.807, 2.05) is 0 Å². The van der Waals surface area contributed by atoms with E-state index >= 15 is 0 Å². The van der Waals surface area contributed by atoms with E-state index in [9.17, 15) is 9.18 Å². The van der Waals surface area contributed by atoms with Crippen molar-refractivity contribution in [3.8, 4) is 0 Å². The third-order valence-corrected chi connectivity index (χ3v) is 4.44. The Balaban J connectivity index is 1.68. The van der Waals surface area contributed by atoms with E-state index in [0.717, 1.165) is 32.5 Å². The molecule has 1 heterocycles. The van der Waals surface area contributed by atoms with Gasteiger partial charge in [0.15, 0.2) is 0 Å². The number of piperidine rings is 1. The summed E-state index contributed by atoms with van der Waals surface area (Å²) in [6.45, 7) is 3.24. The van der Waals surface area contributed by atoms with Gasteiger partial charge in [0.05, 0.1) is 0 Å². The molecule has 0 bridgehead atoms. The molecule has 0 radical (unpaired) electrons. The quantitative estimate of drug-likeness (QED) is 0.871. The molecule has 1 fully saturated rings. The number of likely N-dealkylation sites (tertiary alicyclic amines) is 1. The highest BCUT2D eigenvalue weighted by atomic mass is 19.1. The third-order valence-electron chi connectivity index (χ3n) is 4.44. The Bertz CT molecular complexity index is 487. The lowest BCUT2D eigenvalue weighted by atomic mass is 10.0. The van der Waals surface area contributed by atoms with E-state index in [0.29, 0.717) is 18.0 Å². The minimum absolute atomic E-state index is 0.0250. The second-order valence-corrected chi connectivity index (χ2v) is 6.13. The van der Waals surface area contributed by atoms with Crippen LogP contribution in [0.3, 0.4) is 0 Å². The van der Waals surface area contributed by atoms with Crippen molar-refractivity contribution >= 4 is 5.91 Å². The molecule has 22 heavy (non-hydrogen) atoms. The summed E-state index contributed by atoms with van der Waals surface area (Å²) in [4.78, 5) is 16.5. The van der Waals surface area contributed by atoms with Gasteiger partial charge >= 0.3 is 0 Å². The Morgan fingerprint density at radius 3 is 2.73 bits per heavy atom. The first kappa shape index (κ1) is 16.9. The molecule has 0 atom stereocenters. The number of halogens is 1. The molecule has 1 N–H and O–H groups in total. The summed E-state index contributed by atoms with van der Waals surface area (Å²) in [5.41, 5.74) is 0.527. The lowest BCUT2D eigenvalue weighted by Crippen LogP contribution is -2.43. The summed E-state index contributed by atoms with van der Waals surface area (Å²) in [5.74, 6) is -0.297. The van der Waals surface area contributed by atoms with Gasteiger partial charge in [0, 0.05) is 31.1 Å². The van der Waals surface area contributed by atoms with Crippen LogP contribution in [0.1, 0.15) is 24.8 Å². The van der Waals surface area contributed by atoms with Crippen LogP contribution in [0.15, 0.2) is 24.3 Å². The number of hydrogen-bond acceptors (Lipinski definition) is 3. The van der Waals surface area contributed by atoms with Gasteiger partial charge in [-0.15, -0.1) is 0 Å². The Morgan fingerprint density at radius 1 is 1.36 bits per heavy atom. The normalized spacial score (nSPS) is 16.9. The molecule has 2 rings (SSSR count). The molecule has 1 aliphatic rings. The van der Waals surface area contributed by atoms with Crippen LogP contribution < -0.4 is 5.32 Å². The monoisotopic (exact) mass is 307 g/mol. The van der Waals surface area contributed by atoms with Crippen LogP contribution in [0.4, 0.5) is 4.39 Å². The summed E-state index contributed by atoms with van der Waals surface area (Å²) in [6.07, 6.45) is 2.77. The van der Waals surface area contributed by atoms with Crippen LogP contribution >= 0.6 is 0 Å². The molecule has 1 aromatic rings. The van der Waals surface area contributed by atoms with Gasteiger partial charge in [-0.3, -0.25) is 4.79 Å². The topological polar surface area (TPSA) is 35.6 Å². The first-order chi connectivity index (χ1) is 10.6. The van der Waals surface area contributed by atoms with E-state index in [1.165, 1.54) is 6.07 Å². The number of nitrogens with one attached hydrogen (secondary N) is 1. The molecular formula is C17H26FN3O. The highest BCUT2D eigenvalue weighted by Gasteiger charge is 2.20. The van der Waals surface area contributed by atoms with Crippen LogP contribution in [0.2, 0.25) is 0 Å². The Kier molecular flexibility index (Phi) is 6.34. The average molecular weight is 307 g/mol. The maximum atomic E-state index is 13.5. The molecule has 122 valence electrons. The summed E-state index contributed by atoms with van der Waals surface area (Å²) >= 11 is 0. The van der Waals surface area contributed by atoms with Crippen molar-refractivity contribution in [1.82, 2.24) is 15.1 Å². The second kappa shape index (κ2) is 8.25. The van der Waals surface area contributed by atoms with Crippen LogP contribution in [-0.2, 0) is 11.3 Å². The Morgan fingerprint density at radius 2 is 2.05 bits per heavy atom. The van der Waals surface area contributed by atoms with E-state index < -0.39 is 0 Å². The zero-order valence-corrected chi connectivity index (χ0v) is 13.5. The molecule has 1 amide bonds. The van der Waals surface area contributed by atoms with Crippen LogP contribution in [0.25, 0.3) is 0 Å². The summed E-state index contributed by atoms with van der Waals surface area (Å²) < 4.78 is 13.5. The largest absolute Gasteiger partial charge is 0.352 e. The van der Waals surface area contributed by atoms with Crippen molar-refractivity contribution < 1.29 is 9.18 Å². The number of carbonyl (C=O) groups excluding carboxylic acids is 1. The molecule has 0 unspecified atom stereocenters. The molecule has 4 nitrogen and oxygen atoms in total. The number of carbonyl (C=O) groups is 1. The molecule has 0 aromatic heterocycles. The third kappa shape index (κ3) is 5.07. The van der Waals surface area contributed by atoms with Gasteiger partial charge in [-0.1, -0.05) is 18.2 Å². The van der Waals surface area contributed by atoms with Crippen molar-refractivity contribution in [3.05, 3.63) is 35.6 Å². The van der Waals surface area contributed by atoms with E-state index in [-0.39, 0.29) is 18.3 Å². The highest BCUT2D eigenvalue weighted by Crippen LogP contribution is 2.14. The lowest BCUT2D eigenvalue weighted by molar-refractivity contribution is -0.121. The van der Waals surface area contributed by atoms with Gasteiger partial charge in [0.25, 0.3) is 0 Å². The summed E-state index contributed by atoms with van der Waals surface area (Å²) in [7, 11) is 4.23. The van der Waals surface area contributed by atoms with Gasteiger partial charge in [-0.2, -0.15) is 0 Å². The molecule has 0 spiro atoms. The zero-order valence-electron chi connectivity index (χ0n) is 13.5. The van der Waals surface area contributed by atoms with Gasteiger partial charge in [0.1, 0.15) is 5.82 Å². The minimum Gasteiger partial charge on any atom is -0.352 e. The van der Waals surface area contributed by atoms with E-state index in [2.05, 4.69) is 29.2 Å². The lowest BCUT2D eigenvalue weighted by Gasteiger charge is -2.35. The van der Waals surface area contributed by atoms with Crippen LogP contribution in [0.5, 0.6) is 0 Å². The summed E-state index contributed by atoms with van der Waals surface area (Å²) in [6, 6.07) is 7.10. The van der Waals surface area contributed by atoms with E-state index in [1.54, 1.807) is 18.2 Å². The highest BCUT2D eigenvalue weighted by molar-refractivity contribution is 5.76. The fourth-order valence-electron chi connectivity index (χ4n) is 2.82. The zero-order chi connectivity index (χ0) is 15.9. The first-order valence-corrected chi connectivity index (χ1v) is 7.95. The maximum absolute atomic E-state index is 13.5. The van der Waals surface area contributed by atoms with Gasteiger partial charge in [-0.25, -0.2) is 4.39 Å². The second-order valence-electron chi connectivity index (χ2n) is 6.13. The van der Waals surface area contributed by atoms with Crippen molar-refractivity contribution in [2.24, 2.45) is 0 Å². The van der Waals surface area contributed by atoms with Crippen molar-refractivity contribution in [3.63, 3.8) is 0 Å².